The molecule has 0 saturated carbocycles. The third kappa shape index (κ3) is 4.36. The second kappa shape index (κ2) is 7.50. The quantitative estimate of drug-likeness (QED) is 0.465. The third-order valence-corrected chi connectivity index (χ3v) is 5.40. The highest BCUT2D eigenvalue weighted by Crippen LogP contribution is 2.47. The van der Waals surface area contributed by atoms with E-state index in [2.05, 4.69) is 41.5 Å². The monoisotopic (exact) mass is 264 g/mol. The molecule has 1 aliphatic rings. The Kier molecular flexibility index (Phi) is 6.63. The maximum absolute atomic E-state index is 2.53. The topological polar surface area (TPSA) is 0 Å². The minimum Gasteiger partial charge on any atom is -0.0736 e. The van der Waals surface area contributed by atoms with Crippen LogP contribution in [-0.4, -0.2) is 0 Å². The molecule has 0 heterocycles. The van der Waals surface area contributed by atoms with Crippen LogP contribution in [-0.2, 0) is 0 Å². The van der Waals surface area contributed by atoms with Crippen LogP contribution in [0.15, 0.2) is 11.1 Å². The summed E-state index contributed by atoms with van der Waals surface area (Å²) in [5.41, 5.74) is 4.05. The van der Waals surface area contributed by atoms with Gasteiger partial charge in [-0.3, -0.25) is 0 Å². The summed E-state index contributed by atoms with van der Waals surface area (Å²) in [5, 5.41) is 0. The van der Waals surface area contributed by atoms with Crippen LogP contribution in [0, 0.1) is 17.3 Å². The van der Waals surface area contributed by atoms with Crippen LogP contribution in [0.2, 0.25) is 0 Å². The van der Waals surface area contributed by atoms with Crippen LogP contribution in [0.1, 0.15) is 92.9 Å². The molecule has 0 aromatic rings. The van der Waals surface area contributed by atoms with Crippen molar-refractivity contribution in [3.63, 3.8) is 0 Å². The summed E-state index contributed by atoms with van der Waals surface area (Å²) in [6.45, 7) is 14.5. The van der Waals surface area contributed by atoms with Gasteiger partial charge in [-0.05, 0) is 56.3 Å². The van der Waals surface area contributed by atoms with Gasteiger partial charge in [-0.15, -0.1) is 0 Å². The van der Waals surface area contributed by atoms with Crippen LogP contribution in [0.25, 0.3) is 0 Å². The molecule has 1 aliphatic carbocycles. The second-order valence-corrected chi connectivity index (χ2v) is 7.38. The highest BCUT2D eigenvalue weighted by atomic mass is 14.4. The van der Waals surface area contributed by atoms with Crippen molar-refractivity contribution in [2.24, 2.45) is 17.3 Å². The minimum atomic E-state index is 0.521. The molecule has 0 N–H and O–H groups in total. The summed E-state index contributed by atoms with van der Waals surface area (Å²) in [5.74, 6) is 1.76. The van der Waals surface area contributed by atoms with E-state index in [9.17, 15) is 0 Å². The maximum atomic E-state index is 2.53. The Labute approximate surface area is 122 Å². The van der Waals surface area contributed by atoms with E-state index in [0.717, 1.165) is 11.8 Å². The Bertz CT molecular complexity index is 295. The zero-order valence-electron chi connectivity index (χ0n) is 14.3. The van der Waals surface area contributed by atoms with Crippen LogP contribution < -0.4 is 0 Å². The first-order valence-corrected chi connectivity index (χ1v) is 8.64. The van der Waals surface area contributed by atoms with Crippen LogP contribution in [0.3, 0.4) is 0 Å². The first-order chi connectivity index (χ1) is 8.96. The molecule has 2 atom stereocenters. The fraction of sp³-hybridized carbons (Fsp3) is 0.895. The smallest absolute Gasteiger partial charge is 0.0196 e. The van der Waals surface area contributed by atoms with Crippen LogP contribution >= 0.6 is 0 Å². The van der Waals surface area contributed by atoms with Gasteiger partial charge < -0.3 is 0 Å². The highest BCUT2D eigenvalue weighted by molar-refractivity contribution is 5.19. The van der Waals surface area contributed by atoms with Gasteiger partial charge >= 0.3 is 0 Å². The van der Waals surface area contributed by atoms with E-state index < -0.39 is 0 Å². The lowest BCUT2D eigenvalue weighted by Gasteiger charge is -2.35. The van der Waals surface area contributed by atoms with Crippen molar-refractivity contribution >= 4 is 0 Å². The zero-order chi connectivity index (χ0) is 14.5. The summed E-state index contributed by atoms with van der Waals surface area (Å²) in [4.78, 5) is 0. The summed E-state index contributed by atoms with van der Waals surface area (Å²) in [6, 6.07) is 0. The van der Waals surface area contributed by atoms with Gasteiger partial charge in [0.1, 0.15) is 0 Å². The number of allylic oxidation sites excluding steroid dienone is 2. The van der Waals surface area contributed by atoms with E-state index in [1.807, 2.05) is 0 Å². The molecule has 0 aromatic heterocycles. The molecule has 0 aromatic carbocycles. The Balaban J connectivity index is 2.95. The van der Waals surface area contributed by atoms with Crippen molar-refractivity contribution < 1.29 is 0 Å². The molecular weight excluding hydrogens is 228 g/mol. The Morgan fingerprint density at radius 2 is 1.74 bits per heavy atom. The number of unbranched alkanes of at least 4 members (excludes halogenated alkanes) is 1. The van der Waals surface area contributed by atoms with E-state index in [0.29, 0.717) is 5.41 Å². The van der Waals surface area contributed by atoms with Gasteiger partial charge in [-0.2, -0.15) is 0 Å². The molecule has 0 fully saturated rings. The molecule has 0 bridgehead atoms. The Morgan fingerprint density at radius 3 is 2.26 bits per heavy atom. The average Bonchev–Trinajstić information content (AvgIpc) is 2.42. The largest absolute Gasteiger partial charge is 0.0736 e. The molecule has 112 valence electrons. The van der Waals surface area contributed by atoms with Gasteiger partial charge in [0.15, 0.2) is 0 Å². The molecule has 0 radical (unpaired) electrons. The lowest BCUT2D eigenvalue weighted by molar-refractivity contribution is 0.162. The summed E-state index contributed by atoms with van der Waals surface area (Å²) in [7, 11) is 0. The Hall–Kier alpha value is -0.260. The van der Waals surface area contributed by atoms with Crippen molar-refractivity contribution in [2.45, 2.75) is 92.9 Å². The fourth-order valence-corrected chi connectivity index (χ4v) is 4.21. The molecule has 0 saturated heterocycles. The van der Waals surface area contributed by atoms with Crippen molar-refractivity contribution in [1.82, 2.24) is 0 Å². The highest BCUT2D eigenvalue weighted by Gasteiger charge is 2.35. The normalized spacial score (nSPS) is 27.5. The van der Waals surface area contributed by atoms with Gasteiger partial charge in [0.05, 0.1) is 0 Å². The van der Waals surface area contributed by atoms with Gasteiger partial charge in [0, 0.05) is 0 Å². The van der Waals surface area contributed by atoms with Gasteiger partial charge in [0.25, 0.3) is 0 Å². The van der Waals surface area contributed by atoms with Crippen molar-refractivity contribution in [3.05, 3.63) is 11.1 Å². The van der Waals surface area contributed by atoms with E-state index in [4.69, 9.17) is 0 Å². The van der Waals surface area contributed by atoms with E-state index in [1.165, 1.54) is 51.4 Å². The van der Waals surface area contributed by atoms with Gasteiger partial charge in [0.2, 0.25) is 0 Å². The molecule has 0 spiro atoms. The van der Waals surface area contributed by atoms with E-state index in [-0.39, 0.29) is 0 Å². The lowest BCUT2D eigenvalue weighted by Crippen LogP contribution is -2.25. The molecule has 0 amide bonds. The predicted octanol–water partition coefficient (Wildman–Crippen LogP) is 6.76. The third-order valence-electron chi connectivity index (χ3n) is 5.40. The summed E-state index contributed by atoms with van der Waals surface area (Å²) >= 11 is 0. The molecule has 2 unspecified atom stereocenters. The molecule has 0 aliphatic heterocycles. The van der Waals surface area contributed by atoms with Crippen molar-refractivity contribution in [2.75, 3.05) is 0 Å². The van der Waals surface area contributed by atoms with E-state index >= 15 is 0 Å². The standard InChI is InChI=1S/C19H36/c1-7-10-12-17-13-15(4)18(9-3)16(11-8-2)14-19(17,5)6/h16-17H,7-14H2,1-6H3. The molecular formula is C19H36. The van der Waals surface area contributed by atoms with Gasteiger partial charge in [-0.25, -0.2) is 0 Å². The van der Waals surface area contributed by atoms with Gasteiger partial charge in [-0.1, -0.05) is 65.0 Å². The lowest BCUT2D eigenvalue weighted by atomic mass is 9.70. The van der Waals surface area contributed by atoms with Crippen molar-refractivity contribution in [1.29, 1.82) is 0 Å². The fourth-order valence-electron chi connectivity index (χ4n) is 4.21. The SMILES string of the molecule is CCCCC1CC(C)=C(CC)C(CCC)CC1(C)C. The molecule has 0 nitrogen and oxygen atoms in total. The summed E-state index contributed by atoms with van der Waals surface area (Å²) < 4.78 is 0. The molecule has 19 heavy (non-hydrogen) atoms. The number of hydrogen-bond donors (Lipinski definition) is 0. The number of hydrogen-bond acceptors (Lipinski definition) is 0. The first-order valence-electron chi connectivity index (χ1n) is 8.64. The maximum Gasteiger partial charge on any atom is -0.0196 e. The zero-order valence-corrected chi connectivity index (χ0v) is 14.3. The average molecular weight is 264 g/mol. The van der Waals surface area contributed by atoms with Crippen LogP contribution in [0.5, 0.6) is 0 Å². The van der Waals surface area contributed by atoms with E-state index in [1.54, 1.807) is 11.1 Å². The number of rotatable bonds is 6. The minimum absolute atomic E-state index is 0.521. The summed E-state index contributed by atoms with van der Waals surface area (Å²) in [6.07, 6.45) is 10.9. The Morgan fingerprint density at radius 1 is 1.05 bits per heavy atom. The van der Waals surface area contributed by atoms with Crippen molar-refractivity contribution in [3.8, 4) is 0 Å². The molecule has 1 rings (SSSR count). The second-order valence-electron chi connectivity index (χ2n) is 7.38. The van der Waals surface area contributed by atoms with Crippen LogP contribution in [0.4, 0.5) is 0 Å². The predicted molar refractivity (Wildman–Crippen MR) is 87.4 cm³/mol. The molecule has 0 heteroatoms. The first kappa shape index (κ1) is 16.8.